The van der Waals surface area contributed by atoms with Gasteiger partial charge in [0.15, 0.2) is 11.6 Å². The first-order chi connectivity index (χ1) is 10.7. The smallest absolute Gasteiger partial charge is 0.232 e. The number of aromatic nitrogens is 3. The molecule has 0 bridgehead atoms. The highest BCUT2D eigenvalue weighted by atomic mass is 79.9. The standard InChI is InChI=1S/C15H16BrFN4O/c16-12-6-13(17)15(20-7-12)21-5-1-2-11(9-21)10-22-14-8-18-3-4-19-14/h3-4,6-8,11H,1-2,5,9-10H2. The van der Waals surface area contributed by atoms with Crippen molar-refractivity contribution in [2.75, 3.05) is 24.6 Å². The molecule has 22 heavy (non-hydrogen) atoms. The summed E-state index contributed by atoms with van der Waals surface area (Å²) >= 11 is 3.23. The highest BCUT2D eigenvalue weighted by Gasteiger charge is 2.23. The van der Waals surface area contributed by atoms with E-state index in [0.717, 1.165) is 25.9 Å². The third-order valence-electron chi connectivity index (χ3n) is 3.61. The van der Waals surface area contributed by atoms with Crippen LogP contribution in [0.25, 0.3) is 0 Å². The third kappa shape index (κ3) is 3.71. The van der Waals surface area contributed by atoms with Crippen molar-refractivity contribution >= 4 is 21.7 Å². The third-order valence-corrected chi connectivity index (χ3v) is 4.05. The average Bonchev–Trinajstić information content (AvgIpc) is 2.54. The lowest BCUT2D eigenvalue weighted by Crippen LogP contribution is -2.38. The van der Waals surface area contributed by atoms with Crippen LogP contribution in [0, 0.1) is 11.7 Å². The van der Waals surface area contributed by atoms with Gasteiger partial charge in [-0.2, -0.15) is 0 Å². The molecule has 0 saturated carbocycles. The lowest BCUT2D eigenvalue weighted by atomic mass is 9.99. The molecule has 2 aromatic rings. The number of hydrogen-bond acceptors (Lipinski definition) is 5. The molecule has 1 aliphatic heterocycles. The van der Waals surface area contributed by atoms with E-state index in [0.29, 0.717) is 28.7 Å². The van der Waals surface area contributed by atoms with Crippen molar-refractivity contribution in [3.05, 3.63) is 41.1 Å². The van der Waals surface area contributed by atoms with Crippen LogP contribution in [0.15, 0.2) is 35.3 Å². The predicted octanol–water partition coefficient (Wildman–Crippen LogP) is 3.07. The summed E-state index contributed by atoms with van der Waals surface area (Å²) in [5, 5.41) is 0. The monoisotopic (exact) mass is 366 g/mol. The second kappa shape index (κ2) is 7.00. The molecular weight excluding hydrogens is 351 g/mol. The second-order valence-corrected chi connectivity index (χ2v) is 6.18. The molecule has 2 aromatic heterocycles. The summed E-state index contributed by atoms with van der Waals surface area (Å²) in [5.41, 5.74) is 0. The summed E-state index contributed by atoms with van der Waals surface area (Å²) < 4.78 is 20.3. The van der Waals surface area contributed by atoms with Crippen LogP contribution in [0.4, 0.5) is 10.2 Å². The molecular formula is C15H16BrFN4O. The maximum Gasteiger partial charge on any atom is 0.232 e. The van der Waals surface area contributed by atoms with Gasteiger partial charge in [-0.1, -0.05) is 0 Å². The molecule has 3 rings (SSSR count). The minimum atomic E-state index is -0.301. The van der Waals surface area contributed by atoms with E-state index in [9.17, 15) is 4.39 Å². The van der Waals surface area contributed by atoms with Crippen molar-refractivity contribution in [2.45, 2.75) is 12.8 Å². The van der Waals surface area contributed by atoms with Gasteiger partial charge in [-0.15, -0.1) is 0 Å². The van der Waals surface area contributed by atoms with Crippen molar-refractivity contribution in [1.29, 1.82) is 0 Å². The summed E-state index contributed by atoms with van der Waals surface area (Å²) in [7, 11) is 0. The van der Waals surface area contributed by atoms with Crippen LogP contribution in [0.2, 0.25) is 0 Å². The quantitative estimate of drug-likeness (QED) is 0.832. The molecule has 1 unspecified atom stereocenters. The molecule has 1 atom stereocenters. The summed E-state index contributed by atoms with van der Waals surface area (Å²) in [6.07, 6.45) is 8.47. The molecule has 3 heterocycles. The zero-order chi connectivity index (χ0) is 15.4. The Bertz CT molecular complexity index is 628. The Kier molecular flexibility index (Phi) is 4.82. The zero-order valence-electron chi connectivity index (χ0n) is 12.0. The first kappa shape index (κ1) is 15.1. The Morgan fingerprint density at radius 1 is 1.32 bits per heavy atom. The Balaban J connectivity index is 1.61. The average molecular weight is 367 g/mol. The Hall–Kier alpha value is -1.76. The topological polar surface area (TPSA) is 51.1 Å². The van der Waals surface area contributed by atoms with Gasteiger partial charge in [0.05, 0.1) is 12.8 Å². The normalized spacial score (nSPS) is 18.3. The van der Waals surface area contributed by atoms with Crippen LogP contribution in [-0.2, 0) is 0 Å². The molecule has 1 saturated heterocycles. The molecule has 7 heteroatoms. The summed E-state index contributed by atoms with van der Waals surface area (Å²) in [5.74, 6) is 0.949. The second-order valence-electron chi connectivity index (χ2n) is 5.27. The van der Waals surface area contributed by atoms with Crippen LogP contribution in [0.5, 0.6) is 5.88 Å². The van der Waals surface area contributed by atoms with E-state index < -0.39 is 0 Å². The van der Waals surface area contributed by atoms with Gasteiger partial charge in [-0.3, -0.25) is 4.98 Å². The lowest BCUT2D eigenvalue weighted by molar-refractivity contribution is 0.220. The van der Waals surface area contributed by atoms with Gasteiger partial charge in [-0.05, 0) is 34.8 Å². The molecule has 0 N–H and O–H groups in total. The summed E-state index contributed by atoms with van der Waals surface area (Å²) in [4.78, 5) is 14.2. The van der Waals surface area contributed by atoms with Gasteiger partial charge in [0.1, 0.15) is 0 Å². The summed E-state index contributed by atoms with van der Waals surface area (Å²) in [6, 6.07) is 1.45. The van der Waals surface area contributed by atoms with E-state index in [-0.39, 0.29) is 5.82 Å². The lowest BCUT2D eigenvalue weighted by Gasteiger charge is -2.33. The van der Waals surface area contributed by atoms with E-state index in [1.807, 2.05) is 4.90 Å². The van der Waals surface area contributed by atoms with Crippen LogP contribution >= 0.6 is 15.9 Å². The van der Waals surface area contributed by atoms with E-state index in [2.05, 4.69) is 30.9 Å². The Morgan fingerprint density at radius 3 is 3.00 bits per heavy atom. The fourth-order valence-electron chi connectivity index (χ4n) is 2.60. The van der Waals surface area contributed by atoms with Gasteiger partial charge < -0.3 is 9.64 Å². The molecule has 5 nitrogen and oxygen atoms in total. The molecule has 1 fully saturated rings. The van der Waals surface area contributed by atoms with E-state index in [4.69, 9.17) is 4.74 Å². The van der Waals surface area contributed by atoms with Crippen molar-refractivity contribution < 1.29 is 9.13 Å². The summed E-state index contributed by atoms with van der Waals surface area (Å²) in [6.45, 7) is 2.09. The molecule has 116 valence electrons. The molecule has 0 aromatic carbocycles. The number of rotatable bonds is 4. The first-order valence-corrected chi connectivity index (χ1v) is 7.96. The van der Waals surface area contributed by atoms with Gasteiger partial charge in [-0.25, -0.2) is 14.4 Å². The highest BCUT2D eigenvalue weighted by molar-refractivity contribution is 9.10. The molecule has 0 radical (unpaired) electrons. The number of nitrogens with zero attached hydrogens (tertiary/aromatic N) is 4. The predicted molar refractivity (Wildman–Crippen MR) is 84.4 cm³/mol. The zero-order valence-corrected chi connectivity index (χ0v) is 13.5. The first-order valence-electron chi connectivity index (χ1n) is 7.17. The number of halogens is 2. The van der Waals surface area contributed by atoms with E-state index in [1.165, 1.54) is 6.07 Å². The molecule has 0 aliphatic carbocycles. The number of hydrogen-bond donors (Lipinski definition) is 0. The highest BCUT2D eigenvalue weighted by Crippen LogP contribution is 2.25. The minimum absolute atomic E-state index is 0.301. The van der Waals surface area contributed by atoms with Crippen LogP contribution < -0.4 is 9.64 Å². The fourth-order valence-corrected chi connectivity index (χ4v) is 2.90. The van der Waals surface area contributed by atoms with Crippen molar-refractivity contribution in [3.63, 3.8) is 0 Å². The minimum Gasteiger partial charge on any atom is -0.476 e. The number of ether oxygens (including phenoxy) is 1. The Labute approximate surface area is 136 Å². The van der Waals surface area contributed by atoms with Gasteiger partial charge in [0.2, 0.25) is 5.88 Å². The van der Waals surface area contributed by atoms with Crippen molar-refractivity contribution in [1.82, 2.24) is 15.0 Å². The molecule has 0 spiro atoms. The van der Waals surface area contributed by atoms with Crippen molar-refractivity contribution in [2.24, 2.45) is 5.92 Å². The van der Waals surface area contributed by atoms with Crippen LogP contribution in [0.3, 0.4) is 0 Å². The number of piperidine rings is 1. The maximum atomic E-state index is 14.0. The van der Waals surface area contributed by atoms with Crippen molar-refractivity contribution in [3.8, 4) is 5.88 Å². The van der Waals surface area contributed by atoms with E-state index >= 15 is 0 Å². The fraction of sp³-hybridized carbons (Fsp3) is 0.400. The van der Waals surface area contributed by atoms with Gasteiger partial charge >= 0.3 is 0 Å². The number of anilines is 1. The SMILES string of the molecule is Fc1cc(Br)cnc1N1CCCC(COc2cnccn2)C1. The van der Waals surface area contributed by atoms with Crippen LogP contribution in [-0.4, -0.2) is 34.6 Å². The van der Waals surface area contributed by atoms with Crippen LogP contribution in [0.1, 0.15) is 12.8 Å². The van der Waals surface area contributed by atoms with Gasteiger partial charge in [0, 0.05) is 42.1 Å². The largest absolute Gasteiger partial charge is 0.476 e. The molecule has 1 aliphatic rings. The maximum absolute atomic E-state index is 14.0. The Morgan fingerprint density at radius 2 is 2.23 bits per heavy atom. The number of pyridine rings is 1. The molecule has 0 amide bonds. The van der Waals surface area contributed by atoms with E-state index in [1.54, 1.807) is 24.8 Å². The van der Waals surface area contributed by atoms with Gasteiger partial charge in [0.25, 0.3) is 0 Å².